The van der Waals surface area contributed by atoms with E-state index in [0.717, 1.165) is 6.92 Å². The molecule has 1 saturated heterocycles. The van der Waals surface area contributed by atoms with Crippen LogP contribution >= 0.6 is 0 Å². The van der Waals surface area contributed by atoms with Crippen molar-refractivity contribution < 1.29 is 22.8 Å². The van der Waals surface area contributed by atoms with Crippen LogP contribution in [-0.2, 0) is 9.59 Å². The Morgan fingerprint density at radius 2 is 2.18 bits per heavy atom. The zero-order valence-corrected chi connectivity index (χ0v) is 12.1. The Kier molecular flexibility index (Phi) is 4.39. The number of alkyl halides is 3. The zero-order chi connectivity index (χ0) is 16.5. The molecule has 1 aliphatic heterocycles. The standard InChI is InChI=1S/C14H16F3N3O2/c1-8(14(15,16)17)19-13(22)10-6-11(21)20(2)12(10)9-4-3-5-18-7-9/h3-5,7-8,10,12H,6H2,1-2H3,(H,19,22)/t8-,10-,12+/m1/s1. The number of hydrogen-bond donors (Lipinski definition) is 1. The summed E-state index contributed by atoms with van der Waals surface area (Å²) in [5.74, 6) is -1.93. The summed E-state index contributed by atoms with van der Waals surface area (Å²) in [5.41, 5.74) is 0.621. The zero-order valence-electron chi connectivity index (χ0n) is 12.1. The summed E-state index contributed by atoms with van der Waals surface area (Å²) in [6, 6.07) is 0.775. The highest BCUT2D eigenvalue weighted by Crippen LogP contribution is 2.37. The third-order valence-electron chi connectivity index (χ3n) is 3.80. The van der Waals surface area contributed by atoms with E-state index in [1.54, 1.807) is 18.3 Å². The average Bonchev–Trinajstić information content (AvgIpc) is 2.75. The molecular weight excluding hydrogens is 299 g/mol. The number of likely N-dealkylation sites (tertiary alicyclic amines) is 1. The van der Waals surface area contributed by atoms with Crippen LogP contribution < -0.4 is 5.32 Å². The molecule has 1 fully saturated rings. The largest absolute Gasteiger partial charge is 0.408 e. The van der Waals surface area contributed by atoms with Gasteiger partial charge in [-0.25, -0.2) is 0 Å². The van der Waals surface area contributed by atoms with Gasteiger partial charge in [-0.1, -0.05) is 6.07 Å². The first-order valence-electron chi connectivity index (χ1n) is 6.74. The molecule has 2 amide bonds. The van der Waals surface area contributed by atoms with Gasteiger partial charge in [0, 0.05) is 25.9 Å². The predicted octanol–water partition coefficient (Wildman–Crippen LogP) is 1.67. The lowest BCUT2D eigenvalue weighted by molar-refractivity contribution is -0.159. The lowest BCUT2D eigenvalue weighted by atomic mass is 9.93. The molecule has 0 spiro atoms. The Labute approximate surface area is 125 Å². The normalized spacial score (nSPS) is 23.5. The molecule has 0 aromatic carbocycles. The van der Waals surface area contributed by atoms with Gasteiger partial charge in [0.25, 0.3) is 0 Å². The fraction of sp³-hybridized carbons (Fsp3) is 0.500. The molecule has 0 saturated carbocycles. The van der Waals surface area contributed by atoms with E-state index in [0.29, 0.717) is 5.56 Å². The predicted molar refractivity (Wildman–Crippen MR) is 71.5 cm³/mol. The van der Waals surface area contributed by atoms with Gasteiger partial charge in [0.15, 0.2) is 0 Å². The molecule has 1 aromatic heterocycles. The highest BCUT2D eigenvalue weighted by Gasteiger charge is 2.45. The minimum absolute atomic E-state index is 0.119. The van der Waals surface area contributed by atoms with E-state index >= 15 is 0 Å². The Balaban J connectivity index is 2.21. The monoisotopic (exact) mass is 315 g/mol. The van der Waals surface area contributed by atoms with Gasteiger partial charge in [0.05, 0.1) is 12.0 Å². The lowest BCUT2D eigenvalue weighted by Gasteiger charge is -2.26. The van der Waals surface area contributed by atoms with Crippen molar-refractivity contribution in [2.24, 2.45) is 5.92 Å². The van der Waals surface area contributed by atoms with E-state index in [9.17, 15) is 22.8 Å². The van der Waals surface area contributed by atoms with Gasteiger partial charge in [-0.05, 0) is 18.6 Å². The van der Waals surface area contributed by atoms with Crippen LogP contribution in [0.1, 0.15) is 24.9 Å². The highest BCUT2D eigenvalue weighted by atomic mass is 19.4. The summed E-state index contributed by atoms with van der Waals surface area (Å²) in [6.07, 6.45) is -1.59. The van der Waals surface area contributed by atoms with E-state index in [4.69, 9.17) is 0 Å². The number of hydrogen-bond acceptors (Lipinski definition) is 3. The van der Waals surface area contributed by atoms with Crippen LogP contribution in [0.4, 0.5) is 13.2 Å². The molecule has 5 nitrogen and oxygen atoms in total. The van der Waals surface area contributed by atoms with Crippen molar-refractivity contribution in [3.8, 4) is 0 Å². The molecule has 0 bridgehead atoms. The molecule has 2 heterocycles. The maximum Gasteiger partial charge on any atom is 0.408 e. The molecule has 1 N–H and O–H groups in total. The number of nitrogens with one attached hydrogen (secondary N) is 1. The Morgan fingerprint density at radius 3 is 2.73 bits per heavy atom. The minimum atomic E-state index is -4.52. The first-order valence-corrected chi connectivity index (χ1v) is 6.74. The first-order chi connectivity index (χ1) is 10.2. The van der Waals surface area contributed by atoms with Gasteiger partial charge in [0.1, 0.15) is 6.04 Å². The van der Waals surface area contributed by atoms with E-state index < -0.39 is 30.1 Å². The summed E-state index contributed by atoms with van der Waals surface area (Å²) < 4.78 is 37.7. The van der Waals surface area contributed by atoms with E-state index in [1.807, 2.05) is 5.32 Å². The number of carbonyl (C=O) groups excluding carboxylic acids is 2. The maximum atomic E-state index is 12.6. The molecule has 1 aliphatic rings. The molecule has 120 valence electrons. The van der Waals surface area contributed by atoms with Crippen LogP contribution in [0.15, 0.2) is 24.5 Å². The van der Waals surface area contributed by atoms with E-state index in [1.165, 1.54) is 18.1 Å². The van der Waals surface area contributed by atoms with Crippen LogP contribution in [0.25, 0.3) is 0 Å². The average molecular weight is 315 g/mol. The second-order valence-electron chi connectivity index (χ2n) is 5.32. The van der Waals surface area contributed by atoms with Crippen LogP contribution in [0, 0.1) is 5.92 Å². The molecular formula is C14H16F3N3O2. The molecule has 8 heteroatoms. The van der Waals surface area contributed by atoms with Gasteiger partial charge >= 0.3 is 6.18 Å². The van der Waals surface area contributed by atoms with Crippen molar-refractivity contribution >= 4 is 11.8 Å². The molecule has 22 heavy (non-hydrogen) atoms. The summed E-state index contributed by atoms with van der Waals surface area (Å²) >= 11 is 0. The third-order valence-corrected chi connectivity index (χ3v) is 3.80. The number of nitrogens with zero attached hydrogens (tertiary/aromatic N) is 2. The number of amides is 2. The second-order valence-corrected chi connectivity index (χ2v) is 5.32. The molecule has 3 atom stereocenters. The Bertz CT molecular complexity index is 562. The fourth-order valence-corrected chi connectivity index (χ4v) is 2.51. The number of pyridine rings is 1. The van der Waals surface area contributed by atoms with Crippen LogP contribution in [0.5, 0.6) is 0 Å². The summed E-state index contributed by atoms with van der Waals surface area (Å²) in [6.45, 7) is 0.872. The van der Waals surface area contributed by atoms with E-state index in [-0.39, 0.29) is 12.3 Å². The number of rotatable bonds is 3. The van der Waals surface area contributed by atoms with Crippen molar-refractivity contribution in [1.29, 1.82) is 0 Å². The number of halogens is 3. The number of carbonyl (C=O) groups is 2. The van der Waals surface area contributed by atoms with Gasteiger partial charge in [-0.3, -0.25) is 14.6 Å². The molecule has 0 unspecified atom stereocenters. The van der Waals surface area contributed by atoms with Crippen LogP contribution in [-0.4, -0.2) is 41.0 Å². The maximum absolute atomic E-state index is 12.6. The summed E-state index contributed by atoms with van der Waals surface area (Å²) in [4.78, 5) is 29.3. The van der Waals surface area contributed by atoms with E-state index in [2.05, 4.69) is 4.98 Å². The van der Waals surface area contributed by atoms with Crippen molar-refractivity contribution in [2.75, 3.05) is 7.05 Å². The summed E-state index contributed by atoms with van der Waals surface area (Å²) in [5, 5.41) is 1.94. The fourth-order valence-electron chi connectivity index (χ4n) is 2.51. The van der Waals surface area contributed by atoms with Crippen LogP contribution in [0.2, 0.25) is 0 Å². The van der Waals surface area contributed by atoms with Gasteiger partial charge in [-0.2, -0.15) is 13.2 Å². The van der Waals surface area contributed by atoms with Crippen LogP contribution in [0.3, 0.4) is 0 Å². The first kappa shape index (κ1) is 16.3. The Morgan fingerprint density at radius 1 is 1.50 bits per heavy atom. The minimum Gasteiger partial charge on any atom is -0.344 e. The van der Waals surface area contributed by atoms with Crippen molar-refractivity contribution in [3.63, 3.8) is 0 Å². The molecule has 0 aliphatic carbocycles. The van der Waals surface area contributed by atoms with Crippen molar-refractivity contribution in [1.82, 2.24) is 15.2 Å². The molecule has 2 rings (SSSR count). The quantitative estimate of drug-likeness (QED) is 0.923. The topological polar surface area (TPSA) is 62.3 Å². The van der Waals surface area contributed by atoms with Gasteiger partial charge in [-0.15, -0.1) is 0 Å². The van der Waals surface area contributed by atoms with Crippen molar-refractivity contribution in [2.45, 2.75) is 31.6 Å². The second kappa shape index (κ2) is 5.94. The van der Waals surface area contributed by atoms with Gasteiger partial charge < -0.3 is 10.2 Å². The Hall–Kier alpha value is -2.12. The smallest absolute Gasteiger partial charge is 0.344 e. The third kappa shape index (κ3) is 3.20. The highest BCUT2D eigenvalue weighted by molar-refractivity contribution is 5.90. The van der Waals surface area contributed by atoms with Crippen molar-refractivity contribution in [3.05, 3.63) is 30.1 Å². The number of aromatic nitrogens is 1. The molecule has 0 radical (unpaired) electrons. The SMILES string of the molecule is C[C@@H](NC(=O)[C@@H]1CC(=O)N(C)[C@H]1c1cccnc1)C(F)(F)F. The van der Waals surface area contributed by atoms with Gasteiger partial charge in [0.2, 0.25) is 11.8 Å². The lowest BCUT2D eigenvalue weighted by Crippen LogP contribution is -2.46. The summed E-state index contributed by atoms with van der Waals surface area (Å²) in [7, 11) is 1.53. The molecule has 1 aromatic rings.